The van der Waals surface area contributed by atoms with Crippen LogP contribution in [0, 0.1) is 5.82 Å². The van der Waals surface area contributed by atoms with Crippen molar-refractivity contribution in [1.29, 1.82) is 0 Å². The summed E-state index contributed by atoms with van der Waals surface area (Å²) in [7, 11) is -0.930. The monoisotopic (exact) mass is 474 g/mol. The van der Waals surface area contributed by atoms with Crippen LogP contribution < -0.4 is 19.9 Å². The third kappa shape index (κ3) is 4.55. The van der Waals surface area contributed by atoms with Gasteiger partial charge in [0.05, 0.1) is 19.9 Å². The van der Waals surface area contributed by atoms with Crippen LogP contribution in [0.5, 0.6) is 11.5 Å². The smallest absolute Gasteiger partial charge is 0.271 e. The molecule has 174 valence electrons. The van der Waals surface area contributed by atoms with Gasteiger partial charge in [0.2, 0.25) is 10.0 Å². The molecule has 1 aliphatic rings. The molecule has 9 nitrogen and oxygen atoms in total. The number of hydrogen-bond donors (Lipinski definition) is 0. The zero-order valence-corrected chi connectivity index (χ0v) is 19.0. The van der Waals surface area contributed by atoms with Crippen LogP contribution in [0.1, 0.15) is 0 Å². The second-order valence-electron chi connectivity index (χ2n) is 7.33. The van der Waals surface area contributed by atoms with Crippen LogP contribution in [0.3, 0.4) is 0 Å². The van der Waals surface area contributed by atoms with E-state index in [1.807, 2.05) is 4.90 Å². The summed E-state index contributed by atoms with van der Waals surface area (Å²) < 4.78 is 52.8. The highest BCUT2D eigenvalue weighted by molar-refractivity contribution is 7.89. The highest BCUT2D eigenvalue weighted by Crippen LogP contribution is 2.31. The maximum Gasteiger partial charge on any atom is 0.271 e. The maximum absolute atomic E-state index is 13.3. The standard InChI is InChI=1S/C22H23FN4O5S/c1-31-18-7-8-19(32-2)20(15-18)33(29,30)26-13-11-25(12-14-26)21-9-10-22(28)27(24-21)17-5-3-16(23)4-6-17/h3-10,15H,11-14H2,1-2H3. The van der Waals surface area contributed by atoms with Crippen molar-refractivity contribution in [3.05, 3.63) is 70.8 Å². The lowest BCUT2D eigenvalue weighted by Crippen LogP contribution is -2.49. The van der Waals surface area contributed by atoms with Gasteiger partial charge in [0.1, 0.15) is 28.0 Å². The van der Waals surface area contributed by atoms with Crippen molar-refractivity contribution in [2.24, 2.45) is 0 Å². The zero-order valence-electron chi connectivity index (χ0n) is 18.1. The summed E-state index contributed by atoms with van der Waals surface area (Å²) in [6.07, 6.45) is 0. The first-order chi connectivity index (χ1) is 15.8. The van der Waals surface area contributed by atoms with Gasteiger partial charge in [-0.1, -0.05) is 0 Å². The van der Waals surface area contributed by atoms with E-state index in [0.717, 1.165) is 0 Å². The molecule has 0 bridgehead atoms. The molecule has 1 saturated heterocycles. The molecule has 2 heterocycles. The number of hydrogen-bond acceptors (Lipinski definition) is 7. The highest BCUT2D eigenvalue weighted by Gasteiger charge is 2.31. The number of piperazine rings is 1. The van der Waals surface area contributed by atoms with E-state index >= 15 is 0 Å². The van der Waals surface area contributed by atoms with E-state index < -0.39 is 15.8 Å². The maximum atomic E-state index is 13.3. The molecular weight excluding hydrogens is 451 g/mol. The van der Waals surface area contributed by atoms with Gasteiger partial charge in [-0.3, -0.25) is 4.79 Å². The first kappa shape index (κ1) is 22.7. The van der Waals surface area contributed by atoms with Gasteiger partial charge in [-0.05, 0) is 42.5 Å². The minimum atomic E-state index is -3.81. The lowest BCUT2D eigenvalue weighted by molar-refractivity contribution is 0.370. The molecule has 4 rings (SSSR count). The molecule has 0 amide bonds. The van der Waals surface area contributed by atoms with Crippen LogP contribution in [0.25, 0.3) is 5.69 Å². The number of halogens is 1. The first-order valence-corrected chi connectivity index (χ1v) is 11.6. The van der Waals surface area contributed by atoms with Crippen LogP contribution in [0.2, 0.25) is 0 Å². The zero-order chi connectivity index (χ0) is 23.6. The van der Waals surface area contributed by atoms with Crippen LogP contribution in [0.15, 0.2) is 64.3 Å². The molecule has 33 heavy (non-hydrogen) atoms. The molecule has 0 saturated carbocycles. The fourth-order valence-corrected chi connectivity index (χ4v) is 5.21. The number of anilines is 1. The van der Waals surface area contributed by atoms with E-state index in [1.165, 1.54) is 59.6 Å². The normalized spacial score (nSPS) is 14.8. The van der Waals surface area contributed by atoms with E-state index in [1.54, 1.807) is 18.2 Å². The molecule has 1 aliphatic heterocycles. The molecule has 0 atom stereocenters. The van der Waals surface area contributed by atoms with Crippen molar-refractivity contribution in [2.45, 2.75) is 4.90 Å². The summed E-state index contributed by atoms with van der Waals surface area (Å²) >= 11 is 0. The van der Waals surface area contributed by atoms with E-state index in [0.29, 0.717) is 30.3 Å². The van der Waals surface area contributed by atoms with Crippen molar-refractivity contribution >= 4 is 15.8 Å². The summed E-state index contributed by atoms with van der Waals surface area (Å²) in [5.74, 6) is 0.773. The van der Waals surface area contributed by atoms with Crippen molar-refractivity contribution in [2.75, 3.05) is 45.3 Å². The number of rotatable bonds is 6. The summed E-state index contributed by atoms with van der Waals surface area (Å²) in [6.45, 7) is 1.19. The number of sulfonamides is 1. The van der Waals surface area contributed by atoms with Gasteiger partial charge in [0.25, 0.3) is 5.56 Å². The van der Waals surface area contributed by atoms with Crippen LogP contribution in [-0.4, -0.2) is 62.9 Å². The van der Waals surface area contributed by atoms with Gasteiger partial charge in [-0.25, -0.2) is 12.8 Å². The highest BCUT2D eigenvalue weighted by atomic mass is 32.2. The molecule has 0 unspecified atom stereocenters. The van der Waals surface area contributed by atoms with E-state index in [2.05, 4.69) is 5.10 Å². The Morgan fingerprint density at radius 3 is 2.24 bits per heavy atom. The second kappa shape index (κ2) is 9.20. The summed E-state index contributed by atoms with van der Waals surface area (Å²) in [4.78, 5) is 14.2. The Labute approximate surface area is 190 Å². The molecule has 0 radical (unpaired) electrons. The van der Waals surface area contributed by atoms with Crippen LogP contribution in [-0.2, 0) is 10.0 Å². The van der Waals surface area contributed by atoms with Crippen LogP contribution in [0.4, 0.5) is 10.2 Å². The summed E-state index contributed by atoms with van der Waals surface area (Å²) in [5, 5.41) is 4.39. The minimum absolute atomic E-state index is 0.0424. The average Bonchev–Trinajstić information content (AvgIpc) is 2.84. The lowest BCUT2D eigenvalue weighted by Gasteiger charge is -2.34. The topological polar surface area (TPSA) is 94.0 Å². The second-order valence-corrected chi connectivity index (χ2v) is 9.23. The van der Waals surface area contributed by atoms with E-state index in [4.69, 9.17) is 9.47 Å². The Morgan fingerprint density at radius 2 is 1.61 bits per heavy atom. The Bertz CT molecular complexity index is 1300. The molecule has 0 spiro atoms. The fraction of sp³-hybridized carbons (Fsp3) is 0.273. The van der Waals surface area contributed by atoms with E-state index in [-0.39, 0.29) is 29.3 Å². The molecule has 1 aromatic heterocycles. The Balaban J connectivity index is 1.54. The quantitative estimate of drug-likeness (QED) is 0.539. The third-order valence-corrected chi connectivity index (χ3v) is 7.33. The Hall–Kier alpha value is -3.44. The van der Waals surface area contributed by atoms with E-state index in [9.17, 15) is 17.6 Å². The van der Waals surface area contributed by atoms with Gasteiger partial charge < -0.3 is 14.4 Å². The number of aromatic nitrogens is 2. The van der Waals surface area contributed by atoms with Crippen LogP contribution >= 0.6 is 0 Å². The largest absolute Gasteiger partial charge is 0.497 e. The molecule has 2 aromatic carbocycles. The number of ether oxygens (including phenoxy) is 2. The van der Waals surface area contributed by atoms with Gasteiger partial charge in [-0.2, -0.15) is 8.99 Å². The molecule has 11 heteroatoms. The lowest BCUT2D eigenvalue weighted by atomic mass is 10.3. The molecule has 1 fully saturated rings. The number of nitrogens with zero attached hydrogens (tertiary/aromatic N) is 4. The summed E-state index contributed by atoms with van der Waals surface area (Å²) in [5.41, 5.74) is 0.0891. The number of methoxy groups -OCH3 is 2. The van der Waals surface area contributed by atoms with Gasteiger partial charge in [0, 0.05) is 38.3 Å². The van der Waals surface area contributed by atoms with Crippen molar-refractivity contribution in [3.63, 3.8) is 0 Å². The molecule has 3 aromatic rings. The van der Waals surface area contributed by atoms with Gasteiger partial charge >= 0.3 is 0 Å². The predicted molar refractivity (Wildman–Crippen MR) is 120 cm³/mol. The Kier molecular flexibility index (Phi) is 6.34. The molecule has 0 N–H and O–H groups in total. The first-order valence-electron chi connectivity index (χ1n) is 10.2. The summed E-state index contributed by atoms with van der Waals surface area (Å²) in [6, 6.07) is 13.1. The SMILES string of the molecule is COc1ccc(OC)c(S(=O)(=O)N2CCN(c3ccc(=O)n(-c4ccc(F)cc4)n3)CC2)c1. The van der Waals surface area contributed by atoms with Crippen molar-refractivity contribution in [3.8, 4) is 17.2 Å². The third-order valence-electron chi connectivity index (χ3n) is 5.41. The van der Waals surface area contributed by atoms with Crippen molar-refractivity contribution < 1.29 is 22.3 Å². The molecule has 0 aliphatic carbocycles. The van der Waals surface area contributed by atoms with Crippen molar-refractivity contribution in [1.82, 2.24) is 14.1 Å². The predicted octanol–water partition coefficient (Wildman–Crippen LogP) is 1.90. The Morgan fingerprint density at radius 1 is 0.909 bits per heavy atom. The number of benzene rings is 2. The van der Waals surface area contributed by atoms with Gasteiger partial charge in [0.15, 0.2) is 0 Å². The minimum Gasteiger partial charge on any atom is -0.497 e. The van der Waals surface area contributed by atoms with Gasteiger partial charge in [-0.15, -0.1) is 5.10 Å². The fourth-order valence-electron chi connectivity index (χ4n) is 3.62. The molecular formula is C22H23FN4O5S. The average molecular weight is 475 g/mol.